The lowest BCUT2D eigenvalue weighted by Crippen LogP contribution is -2.41. The van der Waals surface area contributed by atoms with Crippen LogP contribution in [0.15, 0.2) is 42.5 Å². The van der Waals surface area contributed by atoms with Gasteiger partial charge in [-0.05, 0) is 24.3 Å². The largest absolute Gasteiger partial charge is 0.372 e. The van der Waals surface area contributed by atoms with Crippen molar-refractivity contribution in [2.45, 2.75) is 12.5 Å². The summed E-state index contributed by atoms with van der Waals surface area (Å²) in [5.74, 6) is -0.586. The highest BCUT2D eigenvalue weighted by molar-refractivity contribution is 6.44. The lowest BCUT2D eigenvalue weighted by molar-refractivity contribution is -0.122. The van der Waals surface area contributed by atoms with Crippen LogP contribution in [0.25, 0.3) is 0 Å². The topological polar surface area (TPSA) is 70.2 Å². The number of anilines is 3. The highest BCUT2D eigenvalue weighted by Crippen LogP contribution is 2.30. The molecule has 1 aliphatic heterocycles. The number of fused-ring (bicyclic) bond motifs is 1. The van der Waals surface area contributed by atoms with E-state index >= 15 is 0 Å². The molecule has 1 aliphatic rings. The van der Waals surface area contributed by atoms with Crippen molar-refractivity contribution in [1.82, 2.24) is 0 Å². The van der Waals surface area contributed by atoms with Gasteiger partial charge in [-0.3, -0.25) is 9.59 Å². The number of nitrogens with one attached hydrogen (secondary N) is 3. The highest BCUT2D eigenvalue weighted by atomic mass is 35.5. The van der Waals surface area contributed by atoms with Gasteiger partial charge in [-0.1, -0.05) is 41.4 Å². The van der Waals surface area contributed by atoms with E-state index in [0.717, 1.165) is 5.69 Å². The van der Waals surface area contributed by atoms with Crippen molar-refractivity contribution in [3.05, 3.63) is 52.5 Å². The number of amides is 2. The molecule has 2 aromatic carbocycles. The average Bonchev–Trinajstić information content (AvgIpc) is 2.52. The maximum atomic E-state index is 12.2. The molecule has 3 rings (SSSR count). The second kappa shape index (κ2) is 6.48. The first-order valence-electron chi connectivity index (χ1n) is 6.95. The predicted octanol–water partition coefficient (Wildman–Crippen LogP) is 3.75. The summed E-state index contributed by atoms with van der Waals surface area (Å²) in [5, 5.41) is 9.12. The zero-order valence-corrected chi connectivity index (χ0v) is 13.4. The van der Waals surface area contributed by atoms with Crippen LogP contribution in [0.4, 0.5) is 17.1 Å². The molecule has 0 radical (unpaired) electrons. The van der Waals surface area contributed by atoms with Gasteiger partial charge in [0.1, 0.15) is 6.04 Å². The van der Waals surface area contributed by atoms with E-state index in [4.69, 9.17) is 23.2 Å². The van der Waals surface area contributed by atoms with Gasteiger partial charge in [0.05, 0.1) is 33.5 Å². The molecule has 1 atom stereocenters. The zero-order chi connectivity index (χ0) is 16.4. The number of halogens is 2. The number of rotatable bonds is 3. The molecule has 0 aromatic heterocycles. The third-order valence-corrected chi connectivity index (χ3v) is 4.27. The van der Waals surface area contributed by atoms with E-state index in [1.165, 1.54) is 0 Å². The highest BCUT2D eigenvalue weighted by Gasteiger charge is 2.27. The number of benzene rings is 2. The fourth-order valence-electron chi connectivity index (χ4n) is 2.32. The van der Waals surface area contributed by atoms with Crippen molar-refractivity contribution in [1.29, 1.82) is 0 Å². The van der Waals surface area contributed by atoms with Gasteiger partial charge in [-0.15, -0.1) is 0 Å². The quantitative estimate of drug-likeness (QED) is 0.790. The van der Waals surface area contributed by atoms with Gasteiger partial charge in [0.2, 0.25) is 11.8 Å². The summed E-state index contributed by atoms with van der Waals surface area (Å²) in [6, 6.07) is 11.6. The van der Waals surface area contributed by atoms with Crippen LogP contribution in [0.2, 0.25) is 10.0 Å². The van der Waals surface area contributed by atoms with Gasteiger partial charge in [-0.25, -0.2) is 0 Å². The van der Waals surface area contributed by atoms with Crippen molar-refractivity contribution < 1.29 is 9.59 Å². The van der Waals surface area contributed by atoms with E-state index in [9.17, 15) is 9.59 Å². The molecular weight excluding hydrogens is 337 g/mol. The van der Waals surface area contributed by atoms with Gasteiger partial charge >= 0.3 is 0 Å². The zero-order valence-electron chi connectivity index (χ0n) is 11.9. The van der Waals surface area contributed by atoms with E-state index in [2.05, 4.69) is 16.0 Å². The van der Waals surface area contributed by atoms with Crippen molar-refractivity contribution in [2.24, 2.45) is 0 Å². The van der Waals surface area contributed by atoms with E-state index in [0.29, 0.717) is 16.4 Å². The Hall–Kier alpha value is -2.24. The summed E-state index contributed by atoms with van der Waals surface area (Å²) in [6.07, 6.45) is -0.0248. The molecular formula is C16H13Cl2N3O2. The van der Waals surface area contributed by atoms with E-state index < -0.39 is 6.04 Å². The molecule has 0 fully saturated rings. The number of carbonyl (C=O) groups excluding carboxylic acids is 2. The molecule has 23 heavy (non-hydrogen) atoms. The molecule has 118 valence electrons. The van der Waals surface area contributed by atoms with Gasteiger partial charge in [0, 0.05) is 0 Å². The Morgan fingerprint density at radius 2 is 1.83 bits per heavy atom. The fraction of sp³-hybridized carbons (Fsp3) is 0.125. The first-order chi connectivity index (χ1) is 11.0. The normalized spacial score (nSPS) is 16.1. The van der Waals surface area contributed by atoms with Crippen LogP contribution in [-0.4, -0.2) is 17.9 Å². The van der Waals surface area contributed by atoms with Crippen molar-refractivity contribution in [2.75, 3.05) is 16.0 Å². The monoisotopic (exact) mass is 349 g/mol. The summed E-state index contributed by atoms with van der Waals surface area (Å²) in [6.45, 7) is 0. The van der Waals surface area contributed by atoms with Gasteiger partial charge < -0.3 is 16.0 Å². The minimum absolute atomic E-state index is 0.0248. The molecule has 1 unspecified atom stereocenters. The van der Waals surface area contributed by atoms with Crippen LogP contribution >= 0.6 is 23.2 Å². The number of hydrogen-bond acceptors (Lipinski definition) is 3. The van der Waals surface area contributed by atoms with Crippen LogP contribution in [-0.2, 0) is 9.59 Å². The third kappa shape index (κ3) is 3.41. The Bertz CT molecular complexity index is 780. The predicted molar refractivity (Wildman–Crippen MR) is 92.2 cm³/mol. The van der Waals surface area contributed by atoms with E-state index in [1.807, 2.05) is 18.2 Å². The molecule has 3 N–H and O–H groups in total. The lowest BCUT2D eigenvalue weighted by atomic mass is 10.1. The molecule has 0 bridgehead atoms. The van der Waals surface area contributed by atoms with Crippen LogP contribution in [0, 0.1) is 0 Å². The third-order valence-electron chi connectivity index (χ3n) is 3.45. The van der Waals surface area contributed by atoms with Gasteiger partial charge in [0.15, 0.2) is 0 Å². The molecule has 2 amide bonds. The molecule has 2 aromatic rings. The minimum Gasteiger partial charge on any atom is -0.372 e. The minimum atomic E-state index is -0.650. The van der Waals surface area contributed by atoms with E-state index in [-0.39, 0.29) is 23.3 Å². The van der Waals surface area contributed by atoms with Crippen LogP contribution < -0.4 is 16.0 Å². The van der Waals surface area contributed by atoms with E-state index in [1.54, 1.807) is 24.3 Å². The first-order valence-corrected chi connectivity index (χ1v) is 7.70. The van der Waals surface area contributed by atoms with Crippen molar-refractivity contribution in [3.8, 4) is 0 Å². The second-order valence-corrected chi connectivity index (χ2v) is 5.87. The smallest absolute Gasteiger partial charge is 0.247 e. The maximum Gasteiger partial charge on any atom is 0.247 e. The Kier molecular flexibility index (Phi) is 4.41. The molecule has 0 spiro atoms. The standard InChI is InChI=1S/C16H13Cl2N3O2/c17-9-4-3-7-12(15(9)18)20-14(22)8-13-16(23)21-11-6-2-1-5-10(11)19-13/h1-7,13,19H,8H2,(H,20,22)(H,21,23). The van der Waals surface area contributed by atoms with Crippen molar-refractivity contribution >= 4 is 52.1 Å². The van der Waals surface area contributed by atoms with Gasteiger partial charge in [-0.2, -0.15) is 0 Å². The second-order valence-electron chi connectivity index (χ2n) is 5.09. The molecule has 0 saturated heterocycles. The van der Waals surface area contributed by atoms with Crippen LogP contribution in [0.3, 0.4) is 0 Å². The Morgan fingerprint density at radius 3 is 2.61 bits per heavy atom. The summed E-state index contributed by atoms with van der Waals surface area (Å²) in [4.78, 5) is 24.2. The molecule has 1 heterocycles. The average molecular weight is 350 g/mol. The molecule has 0 saturated carbocycles. The number of carbonyl (C=O) groups is 2. The lowest BCUT2D eigenvalue weighted by Gasteiger charge is -2.26. The first kappa shape index (κ1) is 15.6. The number of hydrogen-bond donors (Lipinski definition) is 3. The Balaban J connectivity index is 1.69. The number of para-hydroxylation sites is 2. The van der Waals surface area contributed by atoms with Crippen LogP contribution in [0.5, 0.6) is 0 Å². The van der Waals surface area contributed by atoms with Crippen LogP contribution in [0.1, 0.15) is 6.42 Å². The Labute approximate surface area is 143 Å². The molecule has 0 aliphatic carbocycles. The SMILES string of the molecule is O=C(CC1Nc2ccccc2NC1=O)Nc1cccc(Cl)c1Cl. The van der Waals surface area contributed by atoms with Crippen molar-refractivity contribution in [3.63, 3.8) is 0 Å². The van der Waals surface area contributed by atoms with Gasteiger partial charge in [0.25, 0.3) is 0 Å². The summed E-state index contributed by atoms with van der Waals surface area (Å²) in [7, 11) is 0. The maximum absolute atomic E-state index is 12.2. The summed E-state index contributed by atoms with van der Waals surface area (Å²) in [5.41, 5.74) is 1.90. The fourth-order valence-corrected chi connectivity index (χ4v) is 2.67. The molecule has 7 heteroatoms. The summed E-state index contributed by atoms with van der Waals surface area (Å²) < 4.78 is 0. The molecule has 5 nitrogen and oxygen atoms in total. The summed E-state index contributed by atoms with van der Waals surface area (Å²) >= 11 is 11.9. The Morgan fingerprint density at radius 1 is 1.09 bits per heavy atom.